The van der Waals surface area contributed by atoms with Crippen molar-refractivity contribution in [1.29, 1.82) is 0 Å². The maximum atomic E-state index is 11.8. The van der Waals surface area contributed by atoms with Crippen LogP contribution in [0.4, 0.5) is 0 Å². The van der Waals surface area contributed by atoms with Crippen molar-refractivity contribution in [1.82, 2.24) is 10.6 Å². The Morgan fingerprint density at radius 3 is 2.87 bits per heavy atom. The van der Waals surface area contributed by atoms with Crippen molar-refractivity contribution in [2.75, 3.05) is 13.2 Å². The number of hydrogen-bond donors (Lipinski definition) is 2. The summed E-state index contributed by atoms with van der Waals surface area (Å²) in [6.45, 7) is 2.65. The molecule has 2 N–H and O–H groups in total. The van der Waals surface area contributed by atoms with Gasteiger partial charge in [0.1, 0.15) is 5.75 Å². The first-order chi connectivity index (χ1) is 11.1. The maximum Gasteiger partial charge on any atom is 0.264 e. The highest BCUT2D eigenvalue weighted by Gasteiger charge is 2.07. The molecule has 1 amide bonds. The minimum absolute atomic E-state index is 0.0438. The molecule has 0 heterocycles. The molecular formula is C18H24N2O2S. The van der Waals surface area contributed by atoms with Gasteiger partial charge in [0, 0.05) is 6.54 Å². The minimum atomic E-state index is -0.248. The molecule has 0 unspecified atom stereocenters. The zero-order valence-electron chi connectivity index (χ0n) is 13.6. The molecule has 0 atom stereocenters. The fourth-order valence-corrected chi connectivity index (χ4v) is 2.75. The largest absolute Gasteiger partial charge is 0.483 e. The van der Waals surface area contributed by atoms with Crippen molar-refractivity contribution in [3.63, 3.8) is 0 Å². The van der Waals surface area contributed by atoms with Gasteiger partial charge in [0.05, 0.1) is 0 Å². The number of amides is 1. The number of carbonyl (C=O) groups excluding carboxylic acids is 1. The van der Waals surface area contributed by atoms with Crippen molar-refractivity contribution < 1.29 is 9.53 Å². The number of carbonyl (C=O) groups is 1. The Balaban J connectivity index is 1.63. The third kappa shape index (κ3) is 6.40. The maximum absolute atomic E-state index is 11.8. The molecule has 0 saturated heterocycles. The lowest BCUT2D eigenvalue weighted by Gasteiger charge is -2.14. The first-order valence-corrected chi connectivity index (χ1v) is 8.50. The smallest absolute Gasteiger partial charge is 0.264 e. The quantitative estimate of drug-likeness (QED) is 0.620. The molecule has 0 aliphatic heterocycles. The zero-order valence-corrected chi connectivity index (χ0v) is 14.4. The standard InChI is InChI=1S/C18H24N2O2S/c1-14-7-5-6-10-16(14)22-13-17(21)20-18(23)19-12-11-15-8-3-2-4-9-15/h5-8,10H,2-4,9,11-13H2,1H3,(H2,19,20,21,23). The van der Waals surface area contributed by atoms with E-state index in [9.17, 15) is 4.79 Å². The Labute approximate surface area is 143 Å². The van der Waals surface area contributed by atoms with Crippen LogP contribution >= 0.6 is 12.2 Å². The Morgan fingerprint density at radius 2 is 2.13 bits per heavy atom. The van der Waals surface area contributed by atoms with Gasteiger partial charge in [-0.1, -0.05) is 29.8 Å². The molecule has 4 nitrogen and oxygen atoms in total. The van der Waals surface area contributed by atoms with Gasteiger partial charge >= 0.3 is 0 Å². The molecule has 0 aromatic heterocycles. The van der Waals surface area contributed by atoms with Gasteiger partial charge in [-0.2, -0.15) is 0 Å². The van der Waals surface area contributed by atoms with Crippen molar-refractivity contribution in [2.24, 2.45) is 0 Å². The van der Waals surface area contributed by atoms with E-state index in [-0.39, 0.29) is 12.5 Å². The summed E-state index contributed by atoms with van der Waals surface area (Å²) in [5.41, 5.74) is 2.49. The highest BCUT2D eigenvalue weighted by Crippen LogP contribution is 2.19. The molecule has 23 heavy (non-hydrogen) atoms. The first-order valence-electron chi connectivity index (χ1n) is 8.09. The predicted octanol–water partition coefficient (Wildman–Crippen LogP) is 3.26. The van der Waals surface area contributed by atoms with E-state index in [1.165, 1.54) is 31.3 Å². The summed E-state index contributed by atoms with van der Waals surface area (Å²) in [5.74, 6) is 0.466. The number of benzene rings is 1. The van der Waals surface area contributed by atoms with Gasteiger partial charge in [-0.25, -0.2) is 0 Å². The summed E-state index contributed by atoms with van der Waals surface area (Å²) in [6.07, 6.45) is 8.26. The molecule has 1 aliphatic carbocycles. The molecule has 1 aromatic rings. The van der Waals surface area contributed by atoms with Gasteiger partial charge in [-0.15, -0.1) is 0 Å². The third-order valence-corrected chi connectivity index (χ3v) is 4.07. The van der Waals surface area contributed by atoms with Crippen LogP contribution in [0.3, 0.4) is 0 Å². The second-order valence-corrected chi connectivity index (χ2v) is 6.12. The van der Waals surface area contributed by atoms with Crippen LogP contribution in [0.1, 0.15) is 37.7 Å². The number of aryl methyl sites for hydroxylation is 1. The van der Waals surface area contributed by atoms with E-state index in [2.05, 4.69) is 16.7 Å². The van der Waals surface area contributed by atoms with Gasteiger partial charge in [0.15, 0.2) is 11.7 Å². The van der Waals surface area contributed by atoms with E-state index in [0.29, 0.717) is 10.9 Å². The topological polar surface area (TPSA) is 50.4 Å². The number of hydrogen-bond acceptors (Lipinski definition) is 3. The van der Waals surface area contributed by atoms with Crippen LogP contribution in [0, 0.1) is 6.92 Å². The second kappa shape index (κ2) is 9.30. The summed E-state index contributed by atoms with van der Waals surface area (Å²) in [4.78, 5) is 11.8. The summed E-state index contributed by atoms with van der Waals surface area (Å²) in [7, 11) is 0. The lowest BCUT2D eigenvalue weighted by molar-refractivity contribution is -0.121. The van der Waals surface area contributed by atoms with Crippen molar-refractivity contribution in [3.8, 4) is 5.75 Å². The van der Waals surface area contributed by atoms with Gasteiger partial charge in [-0.05, 0) is 62.9 Å². The van der Waals surface area contributed by atoms with Gasteiger partial charge < -0.3 is 15.4 Å². The molecular weight excluding hydrogens is 308 g/mol. The third-order valence-electron chi connectivity index (χ3n) is 3.82. The number of ether oxygens (including phenoxy) is 1. The van der Waals surface area contributed by atoms with Gasteiger partial charge in [-0.3, -0.25) is 4.79 Å². The number of para-hydroxylation sites is 1. The van der Waals surface area contributed by atoms with E-state index in [4.69, 9.17) is 17.0 Å². The highest BCUT2D eigenvalue weighted by atomic mass is 32.1. The van der Waals surface area contributed by atoms with Crippen LogP contribution < -0.4 is 15.4 Å². The van der Waals surface area contributed by atoms with Crippen LogP contribution in [0.2, 0.25) is 0 Å². The van der Waals surface area contributed by atoms with Gasteiger partial charge in [0.2, 0.25) is 0 Å². The molecule has 1 aromatic carbocycles. The first kappa shape index (κ1) is 17.5. The number of nitrogens with one attached hydrogen (secondary N) is 2. The average molecular weight is 332 g/mol. The summed E-state index contributed by atoms with van der Waals surface area (Å²) in [5, 5.41) is 6.08. The molecule has 0 bridgehead atoms. The lowest BCUT2D eigenvalue weighted by Crippen LogP contribution is -2.41. The van der Waals surface area contributed by atoms with Crippen LogP contribution in [0.25, 0.3) is 0 Å². The fraction of sp³-hybridized carbons (Fsp3) is 0.444. The summed E-state index contributed by atoms with van der Waals surface area (Å²) < 4.78 is 5.49. The highest BCUT2D eigenvalue weighted by molar-refractivity contribution is 7.80. The monoisotopic (exact) mass is 332 g/mol. The van der Waals surface area contributed by atoms with Crippen LogP contribution in [-0.2, 0) is 4.79 Å². The molecule has 0 fully saturated rings. The normalized spacial score (nSPS) is 13.9. The SMILES string of the molecule is Cc1ccccc1OCC(=O)NC(=S)NCCC1=CCCCC1. The molecule has 124 valence electrons. The zero-order chi connectivity index (χ0) is 16.5. The van der Waals surface area contributed by atoms with E-state index >= 15 is 0 Å². The second-order valence-electron chi connectivity index (χ2n) is 5.72. The lowest BCUT2D eigenvalue weighted by atomic mass is 9.97. The number of thiocarbonyl (C=S) groups is 1. The fourth-order valence-electron chi connectivity index (χ4n) is 2.54. The Bertz CT molecular complexity index is 584. The van der Waals surface area contributed by atoms with Crippen LogP contribution in [0.5, 0.6) is 5.75 Å². The van der Waals surface area contributed by atoms with E-state index < -0.39 is 0 Å². The Hall–Kier alpha value is -1.88. The predicted molar refractivity (Wildman–Crippen MR) is 96.6 cm³/mol. The molecule has 0 spiro atoms. The number of allylic oxidation sites excluding steroid dienone is 1. The van der Waals surface area contributed by atoms with Crippen molar-refractivity contribution >= 4 is 23.2 Å². The van der Waals surface area contributed by atoms with E-state index in [1.54, 1.807) is 0 Å². The molecule has 1 aliphatic rings. The van der Waals surface area contributed by atoms with E-state index in [1.807, 2.05) is 31.2 Å². The average Bonchev–Trinajstić information content (AvgIpc) is 2.55. The minimum Gasteiger partial charge on any atom is -0.483 e. The molecule has 2 rings (SSSR count). The Kier molecular flexibility index (Phi) is 7.07. The van der Waals surface area contributed by atoms with Crippen molar-refractivity contribution in [2.45, 2.75) is 39.0 Å². The van der Waals surface area contributed by atoms with Crippen LogP contribution in [-0.4, -0.2) is 24.2 Å². The molecule has 0 radical (unpaired) electrons. The molecule has 5 heteroatoms. The number of rotatable bonds is 6. The van der Waals surface area contributed by atoms with Crippen molar-refractivity contribution in [3.05, 3.63) is 41.5 Å². The van der Waals surface area contributed by atoms with Gasteiger partial charge in [0.25, 0.3) is 5.91 Å². The summed E-state index contributed by atoms with van der Waals surface area (Å²) >= 11 is 5.14. The summed E-state index contributed by atoms with van der Waals surface area (Å²) in [6, 6.07) is 7.60. The van der Waals surface area contributed by atoms with E-state index in [0.717, 1.165) is 18.5 Å². The molecule has 0 saturated carbocycles. The Morgan fingerprint density at radius 1 is 1.30 bits per heavy atom. The van der Waals surface area contributed by atoms with Crippen LogP contribution in [0.15, 0.2) is 35.9 Å².